The van der Waals surface area contributed by atoms with Crippen LogP contribution >= 0.6 is 0 Å². The van der Waals surface area contributed by atoms with E-state index < -0.39 is 5.97 Å². The predicted molar refractivity (Wildman–Crippen MR) is 68.4 cm³/mol. The van der Waals surface area contributed by atoms with E-state index in [1.165, 1.54) is 0 Å². The van der Waals surface area contributed by atoms with Crippen molar-refractivity contribution >= 4 is 5.97 Å². The summed E-state index contributed by atoms with van der Waals surface area (Å²) < 4.78 is 5.04. The lowest BCUT2D eigenvalue weighted by atomic mass is 9.99. The Morgan fingerprint density at radius 3 is 2.78 bits per heavy atom. The molecule has 0 aliphatic carbocycles. The molecule has 0 atom stereocenters. The normalized spacial score (nSPS) is 10.3. The first kappa shape index (κ1) is 12.3. The molecule has 2 aromatic rings. The Labute approximate surface area is 106 Å². The van der Waals surface area contributed by atoms with Crippen LogP contribution in [0.4, 0.5) is 0 Å². The third-order valence-corrected chi connectivity index (χ3v) is 2.68. The Hall–Kier alpha value is -2.13. The van der Waals surface area contributed by atoms with E-state index in [4.69, 9.17) is 9.84 Å². The van der Waals surface area contributed by atoms with Gasteiger partial charge in [-0.3, -0.25) is 0 Å². The van der Waals surface area contributed by atoms with Crippen molar-refractivity contribution < 1.29 is 14.6 Å². The van der Waals surface area contributed by atoms with Gasteiger partial charge in [0.25, 0.3) is 0 Å². The monoisotopic (exact) mass is 241 g/mol. The molecule has 91 valence electrons. The molecule has 0 amide bonds. The summed E-state index contributed by atoms with van der Waals surface area (Å²) in [5.74, 6) is -0.937. The number of carboxylic acid groups (broad SMARTS) is 1. The summed E-state index contributed by atoms with van der Waals surface area (Å²) in [6.45, 7) is 0.284. The van der Waals surface area contributed by atoms with Gasteiger partial charge < -0.3 is 9.84 Å². The smallest absolute Gasteiger partial charge is 0.336 e. The van der Waals surface area contributed by atoms with Crippen LogP contribution in [0.5, 0.6) is 0 Å². The molecule has 0 aliphatic heterocycles. The van der Waals surface area contributed by atoms with E-state index in [9.17, 15) is 4.79 Å². The lowest BCUT2D eigenvalue weighted by molar-refractivity contribution is 0.0692. The molecule has 0 heterocycles. The highest BCUT2D eigenvalue weighted by atomic mass is 16.5. The van der Waals surface area contributed by atoms with Gasteiger partial charge in [-0.1, -0.05) is 24.3 Å². The lowest BCUT2D eigenvalue weighted by Gasteiger charge is -2.08. The Bertz CT molecular complexity index is 547. The van der Waals surface area contributed by atoms with Crippen LogP contribution in [0.2, 0.25) is 0 Å². The zero-order chi connectivity index (χ0) is 13.0. The van der Waals surface area contributed by atoms with Crippen molar-refractivity contribution in [3.05, 3.63) is 59.7 Å². The Morgan fingerprint density at radius 2 is 2.17 bits per heavy atom. The molecule has 1 N–H and O–H groups in total. The van der Waals surface area contributed by atoms with Gasteiger partial charge in [0.2, 0.25) is 0 Å². The molecule has 0 fully saturated rings. The number of benzene rings is 2. The summed E-state index contributed by atoms with van der Waals surface area (Å²) in [5, 5.41) is 9.09. The van der Waals surface area contributed by atoms with E-state index in [-0.39, 0.29) is 12.2 Å². The van der Waals surface area contributed by atoms with Gasteiger partial charge in [-0.2, -0.15) is 0 Å². The van der Waals surface area contributed by atoms with Crippen molar-refractivity contribution in [1.29, 1.82) is 0 Å². The highest BCUT2D eigenvalue weighted by molar-refractivity contribution is 5.90. The standard InChI is InChI=1S/C15H13O3/c1-18-10-13-9-12(7-8-14(13)15(16)17)11-5-3-2-4-6-11/h2-3,5-9H,10H2,1H3,(H,16,17). The molecular weight excluding hydrogens is 228 g/mol. The van der Waals surface area contributed by atoms with E-state index >= 15 is 0 Å². The van der Waals surface area contributed by atoms with Gasteiger partial charge in [-0.15, -0.1) is 0 Å². The molecule has 2 aromatic carbocycles. The van der Waals surface area contributed by atoms with Crippen LogP contribution in [0.3, 0.4) is 0 Å². The summed E-state index contributed by atoms with van der Waals surface area (Å²) in [7, 11) is 1.55. The largest absolute Gasteiger partial charge is 0.478 e. The van der Waals surface area contributed by atoms with Crippen LogP contribution in [0.1, 0.15) is 15.9 Å². The number of aromatic carboxylic acids is 1. The van der Waals surface area contributed by atoms with E-state index in [0.29, 0.717) is 5.56 Å². The Balaban J connectivity index is 2.46. The minimum atomic E-state index is -0.937. The number of methoxy groups -OCH3 is 1. The van der Waals surface area contributed by atoms with Crippen LogP contribution in [-0.2, 0) is 11.3 Å². The molecule has 0 aromatic heterocycles. The highest BCUT2D eigenvalue weighted by Gasteiger charge is 2.11. The average Bonchev–Trinajstić information content (AvgIpc) is 2.40. The zero-order valence-electron chi connectivity index (χ0n) is 10.0. The summed E-state index contributed by atoms with van der Waals surface area (Å²) in [6.07, 6.45) is 0. The van der Waals surface area contributed by atoms with Crippen LogP contribution < -0.4 is 0 Å². The van der Waals surface area contributed by atoms with Gasteiger partial charge in [0.15, 0.2) is 0 Å². The molecule has 18 heavy (non-hydrogen) atoms. The Kier molecular flexibility index (Phi) is 3.75. The molecule has 2 rings (SSSR count). The number of hydrogen-bond donors (Lipinski definition) is 1. The molecular formula is C15H13O3. The minimum absolute atomic E-state index is 0.278. The highest BCUT2D eigenvalue weighted by Crippen LogP contribution is 2.22. The van der Waals surface area contributed by atoms with Crippen LogP contribution in [0.15, 0.2) is 42.5 Å². The van der Waals surface area contributed by atoms with Gasteiger partial charge in [0, 0.05) is 7.11 Å². The van der Waals surface area contributed by atoms with Crippen molar-refractivity contribution in [2.24, 2.45) is 0 Å². The number of rotatable bonds is 4. The van der Waals surface area contributed by atoms with Gasteiger partial charge in [-0.25, -0.2) is 4.79 Å². The molecule has 0 spiro atoms. The second-order valence-corrected chi connectivity index (χ2v) is 3.90. The lowest BCUT2D eigenvalue weighted by Crippen LogP contribution is -2.03. The topological polar surface area (TPSA) is 46.5 Å². The average molecular weight is 241 g/mol. The third kappa shape index (κ3) is 2.57. The molecule has 3 heteroatoms. The quantitative estimate of drug-likeness (QED) is 0.895. The maximum atomic E-state index is 11.1. The van der Waals surface area contributed by atoms with Crippen molar-refractivity contribution in [2.45, 2.75) is 6.61 Å². The fraction of sp³-hybridized carbons (Fsp3) is 0.133. The summed E-state index contributed by atoms with van der Waals surface area (Å²) in [6, 6.07) is 15.8. The predicted octanol–water partition coefficient (Wildman–Crippen LogP) is 3.00. The first-order valence-corrected chi connectivity index (χ1v) is 5.54. The maximum absolute atomic E-state index is 11.1. The number of carbonyl (C=O) groups is 1. The molecule has 1 radical (unpaired) electrons. The molecule has 0 unspecified atom stereocenters. The first-order chi connectivity index (χ1) is 8.72. The van der Waals surface area contributed by atoms with Crippen molar-refractivity contribution in [3.8, 4) is 11.1 Å². The number of ether oxygens (including phenoxy) is 1. The Morgan fingerprint density at radius 1 is 1.33 bits per heavy atom. The van der Waals surface area contributed by atoms with Crippen LogP contribution in [0, 0.1) is 6.07 Å². The number of carboxylic acids is 1. The van der Waals surface area contributed by atoms with E-state index in [0.717, 1.165) is 11.1 Å². The van der Waals surface area contributed by atoms with Gasteiger partial charge in [0.05, 0.1) is 12.2 Å². The fourth-order valence-electron chi connectivity index (χ4n) is 1.83. The third-order valence-electron chi connectivity index (χ3n) is 2.68. The SMILES string of the molecule is COCc1cc(-c2c[c]ccc2)ccc1C(=O)O. The summed E-state index contributed by atoms with van der Waals surface area (Å²) >= 11 is 0. The number of hydrogen-bond acceptors (Lipinski definition) is 2. The van der Waals surface area contributed by atoms with Gasteiger partial charge >= 0.3 is 5.97 Å². The van der Waals surface area contributed by atoms with E-state index in [2.05, 4.69) is 6.07 Å². The molecule has 0 saturated carbocycles. The second-order valence-electron chi connectivity index (χ2n) is 3.90. The molecule has 0 aliphatic rings. The second kappa shape index (κ2) is 5.47. The fourth-order valence-corrected chi connectivity index (χ4v) is 1.83. The molecule has 0 bridgehead atoms. The zero-order valence-corrected chi connectivity index (χ0v) is 10.0. The van der Waals surface area contributed by atoms with Crippen molar-refractivity contribution in [3.63, 3.8) is 0 Å². The molecule has 0 saturated heterocycles. The van der Waals surface area contributed by atoms with Gasteiger partial charge in [-0.05, 0) is 41.0 Å². The van der Waals surface area contributed by atoms with Crippen molar-refractivity contribution in [2.75, 3.05) is 7.11 Å². The maximum Gasteiger partial charge on any atom is 0.336 e. The summed E-state index contributed by atoms with van der Waals surface area (Å²) in [4.78, 5) is 11.1. The van der Waals surface area contributed by atoms with Crippen LogP contribution in [-0.4, -0.2) is 18.2 Å². The first-order valence-electron chi connectivity index (χ1n) is 5.54. The minimum Gasteiger partial charge on any atom is -0.478 e. The van der Waals surface area contributed by atoms with E-state index in [1.54, 1.807) is 19.2 Å². The van der Waals surface area contributed by atoms with Crippen LogP contribution in [0.25, 0.3) is 11.1 Å². The van der Waals surface area contributed by atoms with Gasteiger partial charge in [0.1, 0.15) is 0 Å². The van der Waals surface area contributed by atoms with Crippen molar-refractivity contribution in [1.82, 2.24) is 0 Å². The van der Waals surface area contributed by atoms with E-state index in [1.807, 2.05) is 30.3 Å². The summed E-state index contributed by atoms with van der Waals surface area (Å²) in [5.41, 5.74) is 2.92. The molecule has 3 nitrogen and oxygen atoms in total.